The van der Waals surface area contributed by atoms with Gasteiger partial charge in [-0.2, -0.15) is 0 Å². The summed E-state index contributed by atoms with van der Waals surface area (Å²) in [6.07, 6.45) is 0. The Labute approximate surface area is 210 Å². The smallest absolute Gasteiger partial charge is 0.291 e. The van der Waals surface area contributed by atoms with Gasteiger partial charge in [0, 0.05) is 22.2 Å². The van der Waals surface area contributed by atoms with Gasteiger partial charge in [0.05, 0.1) is 16.7 Å². The van der Waals surface area contributed by atoms with Crippen LogP contribution in [-0.4, -0.2) is 10.8 Å². The minimum atomic E-state index is -0.586. The second-order valence-corrected chi connectivity index (χ2v) is 8.32. The fraction of sp³-hybridized carbons (Fsp3) is 0.0800. The summed E-state index contributed by atoms with van der Waals surface area (Å²) in [6, 6.07) is 18.9. The summed E-state index contributed by atoms with van der Waals surface area (Å²) >= 11 is 11.8. The van der Waals surface area contributed by atoms with Crippen molar-refractivity contribution in [3.05, 3.63) is 110 Å². The number of furan rings is 1. The minimum absolute atomic E-state index is 0.0160. The molecule has 0 atom stereocenters. The van der Waals surface area contributed by atoms with E-state index in [9.17, 15) is 14.9 Å². The molecular formula is C25H18Cl2N2O6. The molecule has 178 valence electrons. The fourth-order valence-electron chi connectivity index (χ4n) is 3.13. The van der Waals surface area contributed by atoms with Crippen molar-refractivity contribution in [3.63, 3.8) is 0 Å². The molecule has 35 heavy (non-hydrogen) atoms. The maximum atomic E-state index is 12.7. The summed E-state index contributed by atoms with van der Waals surface area (Å²) in [5, 5.41) is 15.1. The molecule has 10 heteroatoms. The number of aryl methyl sites for hydroxylation is 1. The molecule has 4 aromatic rings. The highest BCUT2D eigenvalue weighted by Gasteiger charge is 2.17. The lowest BCUT2D eigenvalue weighted by molar-refractivity contribution is -0.384. The topological polar surface area (TPSA) is 104 Å². The number of nitro groups is 1. The molecule has 0 spiro atoms. The van der Waals surface area contributed by atoms with Gasteiger partial charge < -0.3 is 19.2 Å². The van der Waals surface area contributed by atoms with Gasteiger partial charge in [-0.3, -0.25) is 14.9 Å². The first-order chi connectivity index (χ1) is 16.8. The third kappa shape index (κ3) is 6.32. The molecule has 1 aromatic heterocycles. The number of nitrogens with one attached hydrogen (secondary N) is 1. The predicted molar refractivity (Wildman–Crippen MR) is 132 cm³/mol. The molecule has 0 aliphatic rings. The highest BCUT2D eigenvalue weighted by molar-refractivity contribution is 6.30. The van der Waals surface area contributed by atoms with E-state index in [1.165, 1.54) is 24.3 Å². The van der Waals surface area contributed by atoms with Crippen molar-refractivity contribution < 1.29 is 23.6 Å². The summed E-state index contributed by atoms with van der Waals surface area (Å²) in [6.45, 7) is 1.90. The first-order valence-electron chi connectivity index (χ1n) is 10.3. The zero-order valence-electron chi connectivity index (χ0n) is 18.3. The number of carbonyl (C=O) groups is 1. The average molecular weight is 513 g/mol. The van der Waals surface area contributed by atoms with Gasteiger partial charge in [-0.05, 0) is 67.1 Å². The lowest BCUT2D eigenvalue weighted by Gasteiger charge is -2.11. The normalized spacial score (nSPS) is 10.6. The molecule has 0 saturated heterocycles. The molecule has 0 fully saturated rings. The highest BCUT2D eigenvalue weighted by atomic mass is 35.5. The van der Waals surface area contributed by atoms with Crippen LogP contribution in [0.3, 0.4) is 0 Å². The molecule has 0 aliphatic heterocycles. The number of hydrogen-bond donors (Lipinski definition) is 1. The second-order valence-electron chi connectivity index (χ2n) is 7.45. The zero-order chi connectivity index (χ0) is 24.9. The molecule has 4 rings (SSSR count). The van der Waals surface area contributed by atoms with Crippen LogP contribution in [0.4, 0.5) is 11.4 Å². The third-order valence-electron chi connectivity index (χ3n) is 4.80. The first kappa shape index (κ1) is 24.1. The number of halogens is 2. The molecular weight excluding hydrogens is 495 g/mol. The predicted octanol–water partition coefficient (Wildman–Crippen LogP) is 7.43. The molecule has 0 radical (unpaired) electrons. The number of hydrogen-bond acceptors (Lipinski definition) is 6. The van der Waals surface area contributed by atoms with Crippen molar-refractivity contribution in [2.75, 3.05) is 5.32 Å². The summed E-state index contributed by atoms with van der Waals surface area (Å²) in [5.41, 5.74) is 0.667. The Morgan fingerprint density at radius 3 is 2.43 bits per heavy atom. The Balaban J connectivity index is 1.47. The van der Waals surface area contributed by atoms with Crippen LogP contribution in [-0.2, 0) is 6.61 Å². The van der Waals surface area contributed by atoms with Gasteiger partial charge in [0.15, 0.2) is 5.76 Å². The van der Waals surface area contributed by atoms with Crippen molar-refractivity contribution in [2.45, 2.75) is 13.5 Å². The lowest BCUT2D eigenvalue weighted by atomic mass is 10.2. The molecule has 3 aromatic carbocycles. The number of nitro benzene ring substituents is 1. The largest absolute Gasteiger partial charge is 0.486 e. The molecule has 1 N–H and O–H groups in total. The van der Waals surface area contributed by atoms with Gasteiger partial charge in [0.25, 0.3) is 11.6 Å². The van der Waals surface area contributed by atoms with Gasteiger partial charge in [-0.15, -0.1) is 0 Å². The van der Waals surface area contributed by atoms with E-state index in [-0.39, 0.29) is 29.5 Å². The van der Waals surface area contributed by atoms with E-state index in [0.29, 0.717) is 27.3 Å². The number of non-ortho nitro benzene ring substituents is 1. The fourth-order valence-corrected chi connectivity index (χ4v) is 3.48. The number of nitrogens with zero attached hydrogens (tertiary/aromatic N) is 1. The van der Waals surface area contributed by atoms with E-state index in [0.717, 1.165) is 5.56 Å². The Hall–Kier alpha value is -4.01. The van der Waals surface area contributed by atoms with Crippen LogP contribution in [0.25, 0.3) is 0 Å². The standard InChI is InChI=1S/C25H18Cl2N2O6/c1-15-10-17(27)4-8-23(15)35-22-12-18(11-19(13-22)29(31)32)28-25(30)24-9-7-21(34-24)14-33-20-5-2-16(26)3-6-20/h2-13H,14H2,1H3,(H,28,30). The quantitative estimate of drug-likeness (QED) is 0.194. The summed E-state index contributed by atoms with van der Waals surface area (Å²) < 4.78 is 17.0. The monoisotopic (exact) mass is 512 g/mol. The van der Waals surface area contributed by atoms with Crippen molar-refractivity contribution in [1.82, 2.24) is 0 Å². The molecule has 1 amide bonds. The zero-order valence-corrected chi connectivity index (χ0v) is 19.8. The van der Waals surface area contributed by atoms with Gasteiger partial charge in [-0.25, -0.2) is 0 Å². The van der Waals surface area contributed by atoms with Crippen molar-refractivity contribution in [1.29, 1.82) is 0 Å². The van der Waals surface area contributed by atoms with Gasteiger partial charge in [-0.1, -0.05) is 23.2 Å². The first-order valence-corrected chi connectivity index (χ1v) is 11.0. The number of amides is 1. The van der Waals surface area contributed by atoms with E-state index in [1.54, 1.807) is 55.5 Å². The van der Waals surface area contributed by atoms with Gasteiger partial charge in [0.1, 0.15) is 29.6 Å². The molecule has 8 nitrogen and oxygen atoms in total. The van der Waals surface area contributed by atoms with E-state index in [1.807, 2.05) is 0 Å². The number of carbonyl (C=O) groups excluding carboxylic acids is 1. The van der Waals surface area contributed by atoms with Crippen LogP contribution in [0.2, 0.25) is 10.0 Å². The molecule has 0 aliphatic carbocycles. The number of benzene rings is 3. The molecule has 1 heterocycles. The van der Waals surface area contributed by atoms with Crippen molar-refractivity contribution >= 4 is 40.5 Å². The van der Waals surface area contributed by atoms with Crippen LogP contribution in [0.15, 0.2) is 77.2 Å². The van der Waals surface area contributed by atoms with Crippen molar-refractivity contribution in [3.8, 4) is 17.2 Å². The van der Waals surface area contributed by atoms with Crippen LogP contribution in [0, 0.1) is 17.0 Å². The average Bonchev–Trinajstić information content (AvgIpc) is 3.30. The highest BCUT2D eigenvalue weighted by Crippen LogP contribution is 2.32. The molecule has 0 bridgehead atoms. The number of rotatable bonds is 8. The van der Waals surface area contributed by atoms with Gasteiger partial charge >= 0.3 is 0 Å². The van der Waals surface area contributed by atoms with Crippen LogP contribution in [0.5, 0.6) is 17.2 Å². The summed E-state index contributed by atoms with van der Waals surface area (Å²) in [5.74, 6) is 1.10. The second kappa shape index (κ2) is 10.5. The van der Waals surface area contributed by atoms with Crippen LogP contribution in [0.1, 0.15) is 21.9 Å². The SMILES string of the molecule is Cc1cc(Cl)ccc1Oc1cc(NC(=O)c2ccc(COc3ccc(Cl)cc3)o2)cc([N+](=O)[O-])c1. The van der Waals surface area contributed by atoms with E-state index >= 15 is 0 Å². The summed E-state index contributed by atoms with van der Waals surface area (Å²) in [4.78, 5) is 23.5. The van der Waals surface area contributed by atoms with Crippen molar-refractivity contribution in [2.24, 2.45) is 0 Å². The van der Waals surface area contributed by atoms with E-state index in [2.05, 4.69) is 5.32 Å². The maximum absolute atomic E-state index is 12.7. The summed E-state index contributed by atoms with van der Waals surface area (Å²) in [7, 11) is 0. The Kier molecular flexibility index (Phi) is 7.24. The Morgan fingerprint density at radius 1 is 0.971 bits per heavy atom. The number of ether oxygens (including phenoxy) is 2. The lowest BCUT2D eigenvalue weighted by Crippen LogP contribution is -2.11. The van der Waals surface area contributed by atoms with Crippen LogP contribution >= 0.6 is 23.2 Å². The number of anilines is 1. The maximum Gasteiger partial charge on any atom is 0.291 e. The van der Waals surface area contributed by atoms with E-state index < -0.39 is 10.8 Å². The molecule has 0 saturated carbocycles. The Bertz CT molecular complexity index is 1390. The molecule has 0 unspecified atom stereocenters. The Morgan fingerprint density at radius 2 is 1.71 bits per heavy atom. The third-order valence-corrected chi connectivity index (χ3v) is 5.29. The van der Waals surface area contributed by atoms with Crippen LogP contribution < -0.4 is 14.8 Å². The minimum Gasteiger partial charge on any atom is -0.486 e. The van der Waals surface area contributed by atoms with E-state index in [4.69, 9.17) is 37.1 Å². The van der Waals surface area contributed by atoms with Gasteiger partial charge in [0.2, 0.25) is 0 Å².